The van der Waals surface area contributed by atoms with Gasteiger partial charge in [0.2, 0.25) is 0 Å². The van der Waals surface area contributed by atoms with E-state index in [1.165, 1.54) is 0 Å². The van der Waals surface area contributed by atoms with Crippen molar-refractivity contribution in [2.75, 3.05) is 6.16 Å². The average Bonchev–Trinajstić information content (AvgIpc) is 1.88. The zero-order chi connectivity index (χ0) is 7.98. The Morgan fingerprint density at radius 1 is 1.70 bits per heavy atom. The largest absolute Gasteiger partial charge is 0.480 e. The van der Waals surface area contributed by atoms with Gasteiger partial charge in [0, 0.05) is 6.16 Å². The molecule has 0 aliphatic rings. The first-order chi connectivity index (χ1) is 4.68. The molecule has 0 aliphatic carbocycles. The number of hydrogen-bond acceptors (Lipinski definition) is 3. The minimum Gasteiger partial charge on any atom is -0.480 e. The summed E-state index contributed by atoms with van der Waals surface area (Å²) >= 11 is 0. The fraction of sp³-hybridized carbons (Fsp3) is 0.800. The highest BCUT2D eigenvalue weighted by molar-refractivity contribution is 7.23. The van der Waals surface area contributed by atoms with Crippen LogP contribution in [0.2, 0.25) is 0 Å². The summed E-state index contributed by atoms with van der Waals surface area (Å²) in [6.07, 6.45) is 1.48. The Hall–Kier alpha value is -0.470. The fourth-order valence-corrected chi connectivity index (χ4v) is 0.811. The molecule has 0 amide bonds. The third kappa shape index (κ3) is 4.41. The lowest BCUT2D eigenvalue weighted by Gasteiger charge is -2.01. The molecular formula is C5H10NO3P. The van der Waals surface area contributed by atoms with Crippen LogP contribution in [0, 0.1) is 0 Å². The summed E-state index contributed by atoms with van der Waals surface area (Å²) < 4.78 is 9.87. The van der Waals surface area contributed by atoms with Gasteiger partial charge in [-0.1, -0.05) is 0 Å². The van der Waals surface area contributed by atoms with E-state index >= 15 is 0 Å². The van der Waals surface area contributed by atoms with Crippen LogP contribution in [0.3, 0.4) is 0 Å². The van der Waals surface area contributed by atoms with Crippen molar-refractivity contribution in [1.29, 1.82) is 0 Å². The molecule has 0 saturated carbocycles. The van der Waals surface area contributed by atoms with Crippen molar-refractivity contribution in [3.8, 4) is 0 Å². The molecule has 0 heterocycles. The molecule has 5 heteroatoms. The molecule has 10 heavy (non-hydrogen) atoms. The van der Waals surface area contributed by atoms with Gasteiger partial charge in [-0.15, -0.1) is 0 Å². The van der Waals surface area contributed by atoms with E-state index in [-0.39, 0.29) is 8.46 Å². The molecule has 0 rings (SSSR count). The summed E-state index contributed by atoms with van der Waals surface area (Å²) in [7, 11) is 0.0546. The molecule has 0 aromatic carbocycles. The van der Waals surface area contributed by atoms with Crippen LogP contribution in [0.25, 0.3) is 0 Å². The highest BCUT2D eigenvalue weighted by atomic mass is 31.1. The van der Waals surface area contributed by atoms with E-state index in [1.54, 1.807) is 0 Å². The van der Waals surface area contributed by atoms with Crippen LogP contribution in [0.5, 0.6) is 0 Å². The lowest BCUT2D eigenvalue weighted by molar-refractivity contribution is -0.138. The van der Waals surface area contributed by atoms with Crippen LogP contribution in [0.15, 0.2) is 0 Å². The van der Waals surface area contributed by atoms with Crippen LogP contribution in [0.1, 0.15) is 12.8 Å². The number of rotatable bonds is 5. The molecular weight excluding hydrogens is 153 g/mol. The lowest BCUT2D eigenvalue weighted by atomic mass is 10.2. The SMILES string of the molecule is NC(CCCP=O)C(=O)O. The zero-order valence-electron chi connectivity index (χ0n) is 5.49. The van der Waals surface area contributed by atoms with Gasteiger partial charge in [-0.25, -0.2) is 0 Å². The van der Waals surface area contributed by atoms with Crippen molar-refractivity contribution in [2.24, 2.45) is 5.73 Å². The monoisotopic (exact) mass is 163 g/mol. The van der Waals surface area contributed by atoms with Gasteiger partial charge in [-0.3, -0.25) is 9.36 Å². The summed E-state index contributed by atoms with van der Waals surface area (Å²) in [5, 5.41) is 8.28. The Morgan fingerprint density at radius 2 is 2.30 bits per heavy atom. The van der Waals surface area contributed by atoms with Gasteiger partial charge in [0.1, 0.15) is 6.04 Å². The number of nitrogens with two attached hydrogens (primary N) is 1. The summed E-state index contributed by atoms with van der Waals surface area (Å²) in [5.41, 5.74) is 5.15. The number of carboxylic acid groups (broad SMARTS) is 1. The Labute approximate surface area is 60.6 Å². The summed E-state index contributed by atoms with van der Waals surface area (Å²) in [4.78, 5) is 10.1. The van der Waals surface area contributed by atoms with Crippen molar-refractivity contribution < 1.29 is 14.5 Å². The van der Waals surface area contributed by atoms with Gasteiger partial charge in [-0.2, -0.15) is 0 Å². The molecule has 0 spiro atoms. The van der Waals surface area contributed by atoms with Gasteiger partial charge in [0.05, 0.1) is 0 Å². The number of aliphatic carboxylic acids is 1. The van der Waals surface area contributed by atoms with Crippen LogP contribution in [-0.2, 0) is 9.36 Å². The van der Waals surface area contributed by atoms with Crippen molar-refractivity contribution in [2.45, 2.75) is 18.9 Å². The Balaban J connectivity index is 3.30. The van der Waals surface area contributed by atoms with Crippen LogP contribution in [-0.4, -0.2) is 23.3 Å². The van der Waals surface area contributed by atoms with Gasteiger partial charge >= 0.3 is 5.97 Å². The van der Waals surface area contributed by atoms with E-state index in [1.807, 2.05) is 0 Å². The summed E-state index contributed by atoms with van der Waals surface area (Å²) in [6.45, 7) is 0. The second-order valence-corrected chi connectivity index (χ2v) is 2.65. The summed E-state index contributed by atoms with van der Waals surface area (Å²) in [5.74, 6) is -0.998. The van der Waals surface area contributed by atoms with Crippen LogP contribution in [0.4, 0.5) is 0 Å². The quantitative estimate of drug-likeness (QED) is 0.456. The zero-order valence-corrected chi connectivity index (χ0v) is 6.38. The van der Waals surface area contributed by atoms with E-state index in [0.717, 1.165) is 0 Å². The first-order valence-electron chi connectivity index (χ1n) is 2.96. The molecule has 58 valence electrons. The lowest BCUT2D eigenvalue weighted by Crippen LogP contribution is -2.29. The van der Waals surface area contributed by atoms with Gasteiger partial charge < -0.3 is 10.8 Å². The maximum absolute atomic E-state index is 10.1. The average molecular weight is 163 g/mol. The van der Waals surface area contributed by atoms with E-state index in [2.05, 4.69) is 0 Å². The summed E-state index contributed by atoms with van der Waals surface area (Å²) in [6, 6.07) is -0.804. The predicted octanol–water partition coefficient (Wildman–Crippen LogP) is 0.470. The highest BCUT2D eigenvalue weighted by Crippen LogP contribution is 2.01. The third-order valence-corrected chi connectivity index (χ3v) is 1.58. The molecule has 0 bridgehead atoms. The maximum Gasteiger partial charge on any atom is 0.320 e. The Morgan fingerprint density at radius 3 is 2.70 bits per heavy atom. The topological polar surface area (TPSA) is 80.4 Å². The normalized spacial score (nSPS) is 13.3. The molecule has 0 aromatic rings. The maximum atomic E-state index is 10.1. The molecule has 1 unspecified atom stereocenters. The van der Waals surface area contributed by atoms with Crippen LogP contribution >= 0.6 is 8.46 Å². The Bertz CT molecular complexity index is 128. The first kappa shape index (κ1) is 9.53. The molecule has 0 saturated heterocycles. The fourth-order valence-electron chi connectivity index (χ4n) is 0.499. The number of hydrogen-bond donors (Lipinski definition) is 2. The number of carboxylic acids is 1. The molecule has 4 nitrogen and oxygen atoms in total. The van der Waals surface area contributed by atoms with E-state index in [4.69, 9.17) is 10.8 Å². The number of carbonyl (C=O) groups is 1. The molecule has 3 N–H and O–H groups in total. The van der Waals surface area contributed by atoms with Crippen molar-refractivity contribution >= 4 is 14.4 Å². The van der Waals surface area contributed by atoms with Crippen molar-refractivity contribution in [1.82, 2.24) is 0 Å². The minimum atomic E-state index is -0.998. The van der Waals surface area contributed by atoms with Crippen molar-refractivity contribution in [3.63, 3.8) is 0 Å². The molecule has 0 aliphatic heterocycles. The van der Waals surface area contributed by atoms with E-state index < -0.39 is 12.0 Å². The molecule has 0 radical (unpaired) electrons. The van der Waals surface area contributed by atoms with Gasteiger partial charge in [-0.05, 0) is 12.8 Å². The molecule has 1 atom stereocenters. The first-order valence-corrected chi connectivity index (χ1v) is 3.95. The predicted molar refractivity (Wildman–Crippen MR) is 37.3 cm³/mol. The Kier molecular flexibility index (Phi) is 5.08. The second kappa shape index (κ2) is 5.33. The molecule has 0 fully saturated rings. The molecule has 0 aromatic heterocycles. The second-order valence-electron chi connectivity index (χ2n) is 1.94. The van der Waals surface area contributed by atoms with Crippen molar-refractivity contribution in [3.05, 3.63) is 0 Å². The van der Waals surface area contributed by atoms with E-state index in [0.29, 0.717) is 19.0 Å². The van der Waals surface area contributed by atoms with Crippen LogP contribution < -0.4 is 5.73 Å². The smallest absolute Gasteiger partial charge is 0.320 e. The standard InChI is InChI=1S/C5H10NO3P/c6-4(5(7)8)2-1-3-10-9/h4H,1-3,6H2,(H,7,8). The highest BCUT2D eigenvalue weighted by Gasteiger charge is 2.09. The van der Waals surface area contributed by atoms with Gasteiger partial charge in [0.25, 0.3) is 0 Å². The van der Waals surface area contributed by atoms with Gasteiger partial charge in [0.15, 0.2) is 8.46 Å². The van der Waals surface area contributed by atoms with E-state index in [9.17, 15) is 9.36 Å². The third-order valence-electron chi connectivity index (χ3n) is 1.08. The minimum absolute atomic E-state index is 0.0546.